The molecule has 0 spiro atoms. The molecule has 2 aromatic rings. The zero-order valence-corrected chi connectivity index (χ0v) is 13.3. The molecule has 0 amide bonds. The van der Waals surface area contributed by atoms with Crippen molar-refractivity contribution in [2.45, 2.75) is 13.0 Å². The Morgan fingerprint density at radius 3 is 2.35 bits per heavy atom. The van der Waals surface area contributed by atoms with Crippen molar-refractivity contribution in [2.24, 2.45) is 0 Å². The van der Waals surface area contributed by atoms with Gasteiger partial charge in [-0.2, -0.15) is 0 Å². The van der Waals surface area contributed by atoms with Crippen LogP contribution in [0.1, 0.15) is 22.8 Å². The zero-order valence-electron chi connectivity index (χ0n) is 11.7. The maximum Gasteiger partial charge on any atom is 0.125 e. The third-order valence-corrected chi connectivity index (χ3v) is 3.87. The number of methoxy groups -OCH3 is 2. The summed E-state index contributed by atoms with van der Waals surface area (Å²) >= 11 is 3.50. The second-order valence-corrected chi connectivity index (χ2v) is 5.39. The van der Waals surface area contributed by atoms with E-state index in [9.17, 15) is 5.11 Å². The molecule has 2 aromatic carbocycles. The number of aryl methyl sites for hydroxylation is 1. The quantitative estimate of drug-likeness (QED) is 0.921. The van der Waals surface area contributed by atoms with Crippen LogP contribution in [0.3, 0.4) is 0 Å². The van der Waals surface area contributed by atoms with Crippen LogP contribution in [0, 0.1) is 6.92 Å². The molecule has 20 heavy (non-hydrogen) atoms. The number of halogens is 1. The van der Waals surface area contributed by atoms with Crippen LogP contribution in [0.5, 0.6) is 11.5 Å². The van der Waals surface area contributed by atoms with E-state index in [0.29, 0.717) is 17.1 Å². The van der Waals surface area contributed by atoms with Gasteiger partial charge in [-0.25, -0.2) is 0 Å². The minimum atomic E-state index is -0.782. The molecule has 0 aliphatic heterocycles. The summed E-state index contributed by atoms with van der Waals surface area (Å²) in [5, 5.41) is 10.6. The van der Waals surface area contributed by atoms with Crippen LogP contribution in [-0.2, 0) is 0 Å². The highest BCUT2D eigenvalue weighted by Gasteiger charge is 2.18. The van der Waals surface area contributed by atoms with E-state index in [0.717, 1.165) is 15.6 Å². The molecule has 0 radical (unpaired) electrons. The summed E-state index contributed by atoms with van der Waals surface area (Å²) in [4.78, 5) is 0. The van der Waals surface area contributed by atoms with E-state index in [1.165, 1.54) is 0 Å². The summed E-state index contributed by atoms with van der Waals surface area (Å²) < 4.78 is 11.4. The van der Waals surface area contributed by atoms with Gasteiger partial charge in [0.15, 0.2) is 0 Å². The average Bonchev–Trinajstić information content (AvgIpc) is 2.46. The van der Waals surface area contributed by atoms with Gasteiger partial charge in [0.2, 0.25) is 0 Å². The van der Waals surface area contributed by atoms with E-state index < -0.39 is 6.10 Å². The Morgan fingerprint density at radius 2 is 1.75 bits per heavy atom. The normalized spacial score (nSPS) is 12.1. The molecule has 3 nitrogen and oxygen atoms in total. The predicted molar refractivity (Wildman–Crippen MR) is 82.5 cm³/mol. The van der Waals surface area contributed by atoms with Crippen molar-refractivity contribution >= 4 is 15.9 Å². The molecule has 4 heteroatoms. The summed E-state index contributed by atoms with van der Waals surface area (Å²) in [6.07, 6.45) is -0.782. The van der Waals surface area contributed by atoms with Crippen molar-refractivity contribution in [3.63, 3.8) is 0 Å². The molecule has 1 atom stereocenters. The molecular weight excluding hydrogens is 320 g/mol. The number of benzene rings is 2. The summed E-state index contributed by atoms with van der Waals surface area (Å²) in [6.45, 7) is 2.01. The second-order valence-electron chi connectivity index (χ2n) is 4.54. The van der Waals surface area contributed by atoms with Gasteiger partial charge in [-0.15, -0.1) is 0 Å². The third kappa shape index (κ3) is 2.97. The van der Waals surface area contributed by atoms with E-state index in [-0.39, 0.29) is 0 Å². The van der Waals surface area contributed by atoms with Gasteiger partial charge in [-0.05, 0) is 42.3 Å². The summed E-state index contributed by atoms with van der Waals surface area (Å²) in [7, 11) is 3.18. The van der Waals surface area contributed by atoms with E-state index in [4.69, 9.17) is 9.47 Å². The van der Waals surface area contributed by atoms with E-state index in [2.05, 4.69) is 15.9 Å². The number of aliphatic hydroxyl groups is 1. The van der Waals surface area contributed by atoms with E-state index in [1.807, 2.05) is 25.1 Å². The molecular formula is C16H17BrO3. The largest absolute Gasteiger partial charge is 0.497 e. The monoisotopic (exact) mass is 336 g/mol. The Balaban J connectivity index is 2.48. The third-order valence-electron chi connectivity index (χ3n) is 3.18. The zero-order chi connectivity index (χ0) is 14.7. The Bertz CT molecular complexity index is 611. The minimum absolute atomic E-state index is 0.630. The standard InChI is InChI=1S/C16H17BrO3/c1-10-4-6-12(14(17)8-10)16(18)13-9-11(19-2)5-7-15(13)20-3/h4-9,16,18H,1-3H3. The van der Waals surface area contributed by atoms with Crippen LogP contribution in [-0.4, -0.2) is 19.3 Å². The number of hydrogen-bond acceptors (Lipinski definition) is 3. The number of rotatable bonds is 4. The highest BCUT2D eigenvalue weighted by Crippen LogP contribution is 2.36. The first-order valence-corrected chi connectivity index (χ1v) is 7.02. The molecule has 0 aromatic heterocycles. The maximum atomic E-state index is 10.6. The molecule has 1 unspecified atom stereocenters. The summed E-state index contributed by atoms with van der Waals surface area (Å²) in [5.74, 6) is 1.31. The number of hydrogen-bond donors (Lipinski definition) is 1. The molecule has 0 saturated carbocycles. The minimum Gasteiger partial charge on any atom is -0.497 e. The Morgan fingerprint density at radius 1 is 1.00 bits per heavy atom. The smallest absolute Gasteiger partial charge is 0.125 e. The fourth-order valence-corrected chi connectivity index (χ4v) is 2.78. The Hall–Kier alpha value is -1.52. The molecule has 0 aliphatic carbocycles. The fourth-order valence-electron chi connectivity index (χ4n) is 2.07. The molecule has 2 rings (SSSR count). The van der Waals surface area contributed by atoms with Gasteiger partial charge < -0.3 is 14.6 Å². The highest BCUT2D eigenvalue weighted by molar-refractivity contribution is 9.10. The lowest BCUT2D eigenvalue weighted by atomic mass is 9.99. The SMILES string of the molecule is COc1ccc(OC)c(C(O)c2ccc(C)cc2Br)c1. The van der Waals surface area contributed by atoms with Gasteiger partial charge in [0.05, 0.1) is 14.2 Å². The molecule has 0 bridgehead atoms. The van der Waals surface area contributed by atoms with Crippen LogP contribution in [0.2, 0.25) is 0 Å². The van der Waals surface area contributed by atoms with Crippen molar-refractivity contribution < 1.29 is 14.6 Å². The number of ether oxygens (including phenoxy) is 2. The van der Waals surface area contributed by atoms with Gasteiger partial charge in [0, 0.05) is 10.0 Å². The lowest BCUT2D eigenvalue weighted by Crippen LogP contribution is -2.04. The fraction of sp³-hybridized carbons (Fsp3) is 0.250. The van der Waals surface area contributed by atoms with Crippen molar-refractivity contribution in [1.82, 2.24) is 0 Å². The van der Waals surface area contributed by atoms with Gasteiger partial charge in [0.1, 0.15) is 17.6 Å². The first-order chi connectivity index (χ1) is 9.56. The van der Waals surface area contributed by atoms with Gasteiger partial charge in [-0.3, -0.25) is 0 Å². The van der Waals surface area contributed by atoms with Crippen molar-refractivity contribution in [3.8, 4) is 11.5 Å². The average molecular weight is 337 g/mol. The number of aliphatic hydroxyl groups excluding tert-OH is 1. The van der Waals surface area contributed by atoms with Crippen molar-refractivity contribution in [2.75, 3.05) is 14.2 Å². The Labute approximate surface area is 127 Å². The van der Waals surface area contributed by atoms with Crippen molar-refractivity contribution in [3.05, 3.63) is 57.6 Å². The van der Waals surface area contributed by atoms with Crippen LogP contribution >= 0.6 is 15.9 Å². The molecule has 1 N–H and O–H groups in total. The molecule has 0 saturated heterocycles. The van der Waals surface area contributed by atoms with Gasteiger partial charge in [0.25, 0.3) is 0 Å². The van der Waals surface area contributed by atoms with Crippen LogP contribution in [0.4, 0.5) is 0 Å². The van der Waals surface area contributed by atoms with Gasteiger partial charge in [-0.1, -0.05) is 28.1 Å². The predicted octanol–water partition coefficient (Wildman–Crippen LogP) is 3.86. The summed E-state index contributed by atoms with van der Waals surface area (Å²) in [5.41, 5.74) is 2.60. The highest BCUT2D eigenvalue weighted by atomic mass is 79.9. The van der Waals surface area contributed by atoms with E-state index >= 15 is 0 Å². The molecule has 0 fully saturated rings. The maximum absolute atomic E-state index is 10.6. The lowest BCUT2D eigenvalue weighted by molar-refractivity contribution is 0.213. The van der Waals surface area contributed by atoms with Crippen molar-refractivity contribution in [1.29, 1.82) is 0 Å². The second kappa shape index (κ2) is 6.29. The summed E-state index contributed by atoms with van der Waals surface area (Å²) in [6, 6.07) is 11.2. The first-order valence-electron chi connectivity index (χ1n) is 6.23. The van der Waals surface area contributed by atoms with Crippen LogP contribution in [0.15, 0.2) is 40.9 Å². The molecule has 106 valence electrons. The molecule has 0 aliphatic rings. The topological polar surface area (TPSA) is 38.7 Å². The molecule has 0 heterocycles. The lowest BCUT2D eigenvalue weighted by Gasteiger charge is -2.17. The van der Waals surface area contributed by atoms with E-state index in [1.54, 1.807) is 32.4 Å². The van der Waals surface area contributed by atoms with Crippen LogP contribution in [0.25, 0.3) is 0 Å². The van der Waals surface area contributed by atoms with Crippen LogP contribution < -0.4 is 9.47 Å². The first kappa shape index (κ1) is 14.9. The van der Waals surface area contributed by atoms with Gasteiger partial charge >= 0.3 is 0 Å². The Kier molecular flexibility index (Phi) is 4.68.